The predicted molar refractivity (Wildman–Crippen MR) is 197 cm³/mol. The molecule has 3 atom stereocenters. The van der Waals surface area contributed by atoms with Gasteiger partial charge in [0, 0.05) is 70.8 Å². The number of aromatic amines is 1. The highest BCUT2D eigenvalue weighted by Gasteiger charge is 2.34. The summed E-state index contributed by atoms with van der Waals surface area (Å²) in [6, 6.07) is 20.4. The van der Waals surface area contributed by atoms with Crippen LogP contribution in [0, 0.1) is 5.92 Å². The number of rotatable bonds is 9. The summed E-state index contributed by atoms with van der Waals surface area (Å²) in [6.07, 6.45) is 5.46. The maximum atomic E-state index is 14.4. The number of carbonyl (C=O) groups is 3. The maximum Gasteiger partial charge on any atom is 0.243 e. The molecule has 9 nitrogen and oxygen atoms in total. The number of nitrogens with two attached hydrogens (primary N) is 2. The van der Waals surface area contributed by atoms with Gasteiger partial charge in [0.15, 0.2) is 5.78 Å². The van der Waals surface area contributed by atoms with E-state index in [1.54, 1.807) is 23.7 Å². The molecular weight excluding hydrogens is 656 g/mol. The Kier molecular flexibility index (Phi) is 13.3. The van der Waals surface area contributed by atoms with E-state index in [1.807, 2.05) is 60.8 Å². The Morgan fingerprint density at radius 3 is 2.45 bits per heavy atom. The van der Waals surface area contributed by atoms with Crippen molar-refractivity contribution in [3.63, 3.8) is 0 Å². The van der Waals surface area contributed by atoms with Crippen LogP contribution in [0.3, 0.4) is 0 Å². The number of H-pyrrole nitrogens is 1. The lowest BCUT2D eigenvalue weighted by Crippen LogP contribution is -2.51. The topological polar surface area (TPSA) is 146 Å². The van der Waals surface area contributed by atoms with Crippen LogP contribution in [-0.4, -0.2) is 59.7 Å². The first-order valence-corrected chi connectivity index (χ1v) is 18.3. The number of carbonyl (C=O) groups excluding carboxylic acids is 3. The smallest absolute Gasteiger partial charge is 0.243 e. The standard InChI is InChI=1S/C38H47ClN6O3S/c1-45-33(20-27-23-42-31-12-4-3-11-30(27)31)37(47)44-24-28-19-29(39)15-16-36(28)49-35-14-5-2-10-26(35)22-43-32(13-8-18-41)34(46)21-25(38(45)48)9-6-7-17-40/h2-5,10-12,14-16,19,23,25,32-33,42-43H,6-9,13,17-18,20-22,24,40-41H2,1H3,(H,44,47)/t25-,32+,33+/m1/s1. The van der Waals surface area contributed by atoms with Gasteiger partial charge in [-0.25, -0.2) is 0 Å². The molecule has 0 saturated heterocycles. The van der Waals surface area contributed by atoms with Gasteiger partial charge in [-0.1, -0.05) is 66.2 Å². The number of nitrogens with one attached hydrogen (secondary N) is 3. The maximum absolute atomic E-state index is 14.4. The van der Waals surface area contributed by atoms with Gasteiger partial charge < -0.3 is 32.0 Å². The second-order valence-corrected chi connectivity index (χ2v) is 14.2. The number of likely N-dealkylation sites (N-methyl/N-ethyl adjacent to an activating group) is 1. The predicted octanol–water partition coefficient (Wildman–Crippen LogP) is 5.57. The molecule has 49 heavy (non-hydrogen) atoms. The van der Waals surface area contributed by atoms with E-state index in [-0.39, 0.29) is 30.6 Å². The summed E-state index contributed by atoms with van der Waals surface area (Å²) in [4.78, 5) is 49.5. The Balaban J connectivity index is 1.55. The van der Waals surface area contributed by atoms with Gasteiger partial charge in [-0.15, -0.1) is 0 Å². The highest BCUT2D eigenvalue weighted by Crippen LogP contribution is 2.35. The minimum atomic E-state index is -0.823. The quantitative estimate of drug-likeness (QED) is 0.143. The number of hydrogen-bond donors (Lipinski definition) is 5. The van der Waals surface area contributed by atoms with Crippen molar-refractivity contribution in [2.75, 3.05) is 20.1 Å². The summed E-state index contributed by atoms with van der Waals surface area (Å²) in [5.41, 5.74) is 15.5. The number of amides is 2. The molecule has 1 aliphatic heterocycles. The first-order valence-electron chi connectivity index (χ1n) is 17.1. The number of unbranched alkanes of at least 4 members (excludes halogenated alkanes) is 1. The molecule has 7 N–H and O–H groups in total. The fraction of sp³-hybridized carbons (Fsp3) is 0.395. The number of para-hydroxylation sites is 1. The van der Waals surface area contributed by atoms with Crippen LogP contribution in [0.1, 0.15) is 55.2 Å². The van der Waals surface area contributed by atoms with Gasteiger partial charge in [-0.2, -0.15) is 0 Å². The minimum absolute atomic E-state index is 0.0278. The van der Waals surface area contributed by atoms with E-state index in [0.29, 0.717) is 56.8 Å². The summed E-state index contributed by atoms with van der Waals surface area (Å²) in [5, 5.41) is 8.20. The molecule has 3 aromatic carbocycles. The fourth-order valence-electron chi connectivity index (χ4n) is 6.47. The molecule has 0 radical (unpaired) electrons. The zero-order valence-corrected chi connectivity index (χ0v) is 29.6. The average molecular weight is 703 g/mol. The third-order valence-electron chi connectivity index (χ3n) is 9.30. The number of fused-ring (bicyclic) bond motifs is 3. The molecule has 0 unspecified atom stereocenters. The fourth-order valence-corrected chi connectivity index (χ4v) is 7.72. The third-order valence-corrected chi connectivity index (χ3v) is 10.8. The summed E-state index contributed by atoms with van der Waals surface area (Å²) >= 11 is 8.06. The van der Waals surface area contributed by atoms with Crippen molar-refractivity contribution in [1.82, 2.24) is 20.5 Å². The number of nitrogens with zero attached hydrogens (tertiary/aromatic N) is 1. The Morgan fingerprint density at radius 1 is 0.878 bits per heavy atom. The Morgan fingerprint density at radius 2 is 1.63 bits per heavy atom. The molecule has 11 heteroatoms. The summed E-state index contributed by atoms with van der Waals surface area (Å²) in [5.74, 6) is -1.13. The van der Waals surface area contributed by atoms with Crippen molar-refractivity contribution in [1.29, 1.82) is 0 Å². The molecule has 260 valence electrons. The van der Waals surface area contributed by atoms with Gasteiger partial charge in [0.05, 0.1) is 6.04 Å². The molecule has 1 aromatic heterocycles. The van der Waals surface area contributed by atoms with Gasteiger partial charge in [0.25, 0.3) is 0 Å². The molecule has 0 saturated carbocycles. The monoisotopic (exact) mass is 702 g/mol. The zero-order chi connectivity index (χ0) is 34.8. The van der Waals surface area contributed by atoms with Crippen molar-refractivity contribution < 1.29 is 14.4 Å². The van der Waals surface area contributed by atoms with Crippen LogP contribution in [0.5, 0.6) is 0 Å². The largest absolute Gasteiger partial charge is 0.361 e. The van der Waals surface area contributed by atoms with Crippen molar-refractivity contribution in [3.8, 4) is 0 Å². The van der Waals surface area contributed by atoms with Gasteiger partial charge in [-0.05, 0) is 85.8 Å². The van der Waals surface area contributed by atoms with E-state index in [9.17, 15) is 14.4 Å². The van der Waals surface area contributed by atoms with E-state index >= 15 is 0 Å². The highest BCUT2D eigenvalue weighted by atomic mass is 35.5. The molecular formula is C38H47ClN6O3S. The second-order valence-electron chi connectivity index (χ2n) is 12.7. The van der Waals surface area contributed by atoms with Crippen LogP contribution in [0.15, 0.2) is 82.7 Å². The van der Waals surface area contributed by atoms with Gasteiger partial charge in [0.1, 0.15) is 6.04 Å². The number of ketones is 1. The molecule has 5 rings (SSSR count). The van der Waals surface area contributed by atoms with Gasteiger partial charge in [0.2, 0.25) is 11.8 Å². The highest BCUT2D eigenvalue weighted by molar-refractivity contribution is 7.99. The van der Waals surface area contributed by atoms with Crippen LogP contribution < -0.4 is 22.1 Å². The van der Waals surface area contributed by atoms with Gasteiger partial charge in [-0.3, -0.25) is 14.4 Å². The van der Waals surface area contributed by atoms with E-state index in [2.05, 4.69) is 27.8 Å². The van der Waals surface area contributed by atoms with E-state index < -0.39 is 18.0 Å². The molecule has 2 heterocycles. The minimum Gasteiger partial charge on any atom is -0.361 e. The summed E-state index contributed by atoms with van der Waals surface area (Å²) in [7, 11) is 1.68. The lowest BCUT2D eigenvalue weighted by atomic mass is 9.90. The lowest BCUT2D eigenvalue weighted by Gasteiger charge is -2.31. The van der Waals surface area contributed by atoms with E-state index in [4.69, 9.17) is 23.1 Å². The molecule has 2 amide bonds. The van der Waals surface area contributed by atoms with Crippen LogP contribution in [0.25, 0.3) is 10.9 Å². The van der Waals surface area contributed by atoms with Crippen molar-refractivity contribution in [2.45, 2.75) is 79.9 Å². The number of hydrogen-bond acceptors (Lipinski definition) is 7. The molecule has 0 fully saturated rings. The lowest BCUT2D eigenvalue weighted by molar-refractivity contribution is -0.143. The van der Waals surface area contributed by atoms with E-state index in [0.717, 1.165) is 43.8 Å². The number of Topliss-reactive ketones (excluding diaryl/α,β-unsaturated/α-hetero) is 1. The van der Waals surface area contributed by atoms with Crippen molar-refractivity contribution in [2.24, 2.45) is 17.4 Å². The molecule has 1 aliphatic rings. The average Bonchev–Trinajstić information content (AvgIpc) is 3.52. The molecule has 0 bridgehead atoms. The Bertz CT molecular complexity index is 1750. The van der Waals surface area contributed by atoms with Crippen LogP contribution >= 0.6 is 23.4 Å². The number of benzene rings is 3. The molecule has 4 aromatic rings. The van der Waals surface area contributed by atoms with Crippen molar-refractivity contribution >= 4 is 51.9 Å². The summed E-state index contributed by atoms with van der Waals surface area (Å²) in [6.45, 7) is 1.67. The SMILES string of the molecule is CN1C(=O)[C@H](CCCCN)CC(=O)[C@H](CCCN)NCc2ccccc2Sc2ccc(Cl)cc2CNC(=O)[C@@H]1Cc1c[nH]c2ccccc12. The van der Waals surface area contributed by atoms with Gasteiger partial charge >= 0.3 is 0 Å². The normalized spacial score (nSPS) is 19.7. The number of halogens is 1. The van der Waals surface area contributed by atoms with Crippen molar-refractivity contribution in [3.05, 3.63) is 94.6 Å². The zero-order valence-electron chi connectivity index (χ0n) is 28.1. The Hall–Kier alpha value is -3.67. The van der Waals surface area contributed by atoms with Crippen LogP contribution in [0.4, 0.5) is 0 Å². The van der Waals surface area contributed by atoms with Crippen LogP contribution in [-0.2, 0) is 33.9 Å². The third kappa shape index (κ3) is 9.52. The number of aromatic nitrogens is 1. The Labute approximate surface area is 297 Å². The van der Waals surface area contributed by atoms with E-state index in [1.165, 1.54) is 0 Å². The second kappa shape index (κ2) is 17.8. The summed E-state index contributed by atoms with van der Waals surface area (Å²) < 4.78 is 0. The first kappa shape index (κ1) is 36.6. The van der Waals surface area contributed by atoms with Crippen LogP contribution in [0.2, 0.25) is 5.02 Å². The first-order chi connectivity index (χ1) is 23.8. The molecule has 0 aliphatic carbocycles. The molecule has 0 spiro atoms.